The highest BCUT2D eigenvalue weighted by atomic mass is 79.9. The molecule has 108 valence electrons. The second-order valence-electron chi connectivity index (χ2n) is 4.59. The fourth-order valence-electron chi connectivity index (χ4n) is 2.30. The van der Waals surface area contributed by atoms with Crippen molar-refractivity contribution in [1.29, 1.82) is 0 Å². The molecule has 0 aromatic carbocycles. The molecule has 0 unspecified atom stereocenters. The van der Waals surface area contributed by atoms with E-state index in [1.165, 1.54) is 0 Å². The molecule has 20 heavy (non-hydrogen) atoms. The van der Waals surface area contributed by atoms with E-state index in [-0.39, 0.29) is 5.78 Å². The molecule has 2 aromatic rings. The lowest BCUT2D eigenvalue weighted by atomic mass is 10.1. The third-order valence-corrected chi connectivity index (χ3v) is 4.30. The quantitative estimate of drug-likeness (QED) is 0.752. The summed E-state index contributed by atoms with van der Waals surface area (Å²) in [6, 6.07) is 1.75. The van der Waals surface area contributed by atoms with Crippen molar-refractivity contribution in [3.8, 4) is 0 Å². The third kappa shape index (κ3) is 2.73. The standard InChI is InChI=1S/C15H19BrN2O2/c1-4-11-15(16)12(18(6-3)17-11)9-13(19)10-7-8-20-14(10)5-2/h7-8H,4-6,9H2,1-3H3. The van der Waals surface area contributed by atoms with Crippen LogP contribution in [0.3, 0.4) is 0 Å². The minimum absolute atomic E-state index is 0.0774. The zero-order valence-corrected chi connectivity index (χ0v) is 13.7. The largest absolute Gasteiger partial charge is 0.469 e. The van der Waals surface area contributed by atoms with E-state index in [4.69, 9.17) is 4.42 Å². The molecule has 2 rings (SSSR count). The SMILES string of the molecule is CCc1nn(CC)c(CC(=O)c2ccoc2CC)c1Br. The summed E-state index contributed by atoms with van der Waals surface area (Å²) in [4.78, 5) is 12.5. The molecule has 0 N–H and O–H groups in total. The Kier molecular flexibility index (Phi) is 4.81. The first kappa shape index (κ1) is 15.0. The number of ketones is 1. The van der Waals surface area contributed by atoms with E-state index < -0.39 is 0 Å². The number of hydrogen-bond donors (Lipinski definition) is 0. The molecule has 0 aliphatic heterocycles. The Morgan fingerprint density at radius 3 is 2.70 bits per heavy atom. The van der Waals surface area contributed by atoms with Crippen molar-refractivity contribution in [3.05, 3.63) is 39.5 Å². The summed E-state index contributed by atoms with van der Waals surface area (Å²) in [7, 11) is 0. The summed E-state index contributed by atoms with van der Waals surface area (Å²) in [5.74, 6) is 0.831. The van der Waals surface area contributed by atoms with Crippen molar-refractivity contribution in [2.75, 3.05) is 0 Å². The summed E-state index contributed by atoms with van der Waals surface area (Å²) >= 11 is 3.57. The van der Waals surface area contributed by atoms with Crippen LogP contribution in [0.25, 0.3) is 0 Å². The first-order valence-corrected chi connectivity index (χ1v) is 7.75. The molecule has 0 bridgehead atoms. The van der Waals surface area contributed by atoms with Crippen molar-refractivity contribution in [1.82, 2.24) is 9.78 Å². The average molecular weight is 339 g/mol. The Morgan fingerprint density at radius 1 is 1.35 bits per heavy atom. The fraction of sp³-hybridized carbons (Fsp3) is 0.467. The molecule has 0 saturated heterocycles. The van der Waals surface area contributed by atoms with Gasteiger partial charge in [-0.3, -0.25) is 9.48 Å². The topological polar surface area (TPSA) is 48.0 Å². The predicted octanol–water partition coefficient (Wildman–Crippen LogP) is 3.81. The lowest BCUT2D eigenvalue weighted by Gasteiger charge is -2.05. The molecule has 0 atom stereocenters. The van der Waals surface area contributed by atoms with E-state index in [1.807, 2.05) is 18.5 Å². The van der Waals surface area contributed by atoms with Crippen molar-refractivity contribution < 1.29 is 9.21 Å². The van der Waals surface area contributed by atoms with Gasteiger partial charge in [0.05, 0.1) is 34.1 Å². The number of Topliss-reactive ketones (excluding diaryl/α,β-unsaturated/α-hetero) is 1. The molecule has 4 nitrogen and oxygen atoms in total. The molecule has 2 aromatic heterocycles. The number of carbonyl (C=O) groups is 1. The summed E-state index contributed by atoms with van der Waals surface area (Å²) in [6.07, 6.45) is 3.49. The monoisotopic (exact) mass is 338 g/mol. The van der Waals surface area contributed by atoms with Crippen molar-refractivity contribution in [2.45, 2.75) is 46.6 Å². The lowest BCUT2D eigenvalue weighted by molar-refractivity contribution is 0.0988. The van der Waals surface area contributed by atoms with Gasteiger partial charge < -0.3 is 4.42 Å². The molecule has 2 heterocycles. The van der Waals surface area contributed by atoms with Crippen LogP contribution in [0.1, 0.15) is 48.3 Å². The van der Waals surface area contributed by atoms with E-state index >= 15 is 0 Å². The average Bonchev–Trinajstić information content (AvgIpc) is 3.04. The van der Waals surface area contributed by atoms with Gasteiger partial charge in [-0.25, -0.2) is 0 Å². The number of aromatic nitrogens is 2. The van der Waals surface area contributed by atoms with Crippen LogP contribution < -0.4 is 0 Å². The number of furan rings is 1. The maximum atomic E-state index is 12.5. The Morgan fingerprint density at radius 2 is 2.10 bits per heavy atom. The maximum absolute atomic E-state index is 12.5. The Bertz CT molecular complexity index is 613. The molecule has 0 radical (unpaired) electrons. The smallest absolute Gasteiger partial charge is 0.172 e. The number of rotatable bonds is 6. The van der Waals surface area contributed by atoms with Gasteiger partial charge in [0.2, 0.25) is 0 Å². The molecule has 0 aliphatic carbocycles. The zero-order chi connectivity index (χ0) is 14.7. The third-order valence-electron chi connectivity index (χ3n) is 3.39. The zero-order valence-electron chi connectivity index (χ0n) is 12.1. The Labute approximate surface area is 127 Å². The lowest BCUT2D eigenvalue weighted by Crippen LogP contribution is -2.10. The Balaban J connectivity index is 2.30. The molecule has 0 amide bonds. The predicted molar refractivity (Wildman–Crippen MR) is 81.1 cm³/mol. The number of aryl methyl sites for hydroxylation is 3. The molecule has 0 fully saturated rings. The first-order valence-electron chi connectivity index (χ1n) is 6.95. The number of nitrogens with zero attached hydrogens (tertiary/aromatic N) is 2. The molecule has 0 aliphatic rings. The van der Waals surface area contributed by atoms with E-state index in [9.17, 15) is 4.79 Å². The van der Waals surface area contributed by atoms with Crippen LogP contribution in [0.4, 0.5) is 0 Å². The minimum Gasteiger partial charge on any atom is -0.469 e. The van der Waals surface area contributed by atoms with Gasteiger partial charge in [0.1, 0.15) is 5.76 Å². The van der Waals surface area contributed by atoms with Crippen molar-refractivity contribution in [2.24, 2.45) is 0 Å². The minimum atomic E-state index is 0.0774. The number of carbonyl (C=O) groups excluding carboxylic acids is 1. The van der Waals surface area contributed by atoms with Crippen LogP contribution in [-0.2, 0) is 25.8 Å². The van der Waals surface area contributed by atoms with Crippen LogP contribution in [0.15, 0.2) is 21.2 Å². The second-order valence-corrected chi connectivity index (χ2v) is 5.38. The molecular weight excluding hydrogens is 320 g/mol. The van der Waals surface area contributed by atoms with Gasteiger partial charge in [0.25, 0.3) is 0 Å². The van der Waals surface area contributed by atoms with Crippen LogP contribution in [0.5, 0.6) is 0 Å². The van der Waals surface area contributed by atoms with Gasteiger partial charge in [0, 0.05) is 13.0 Å². The highest BCUT2D eigenvalue weighted by Gasteiger charge is 2.20. The molecule has 0 spiro atoms. The second kappa shape index (κ2) is 6.39. The molecular formula is C15H19BrN2O2. The van der Waals surface area contributed by atoms with E-state index in [0.29, 0.717) is 12.0 Å². The van der Waals surface area contributed by atoms with Crippen LogP contribution in [0.2, 0.25) is 0 Å². The highest BCUT2D eigenvalue weighted by molar-refractivity contribution is 9.10. The molecule has 5 heteroatoms. The van der Waals surface area contributed by atoms with Crippen LogP contribution >= 0.6 is 15.9 Å². The van der Waals surface area contributed by atoms with Crippen LogP contribution in [0, 0.1) is 0 Å². The van der Waals surface area contributed by atoms with Gasteiger partial charge in [-0.05, 0) is 35.3 Å². The van der Waals surface area contributed by atoms with Crippen LogP contribution in [-0.4, -0.2) is 15.6 Å². The number of halogens is 1. The van der Waals surface area contributed by atoms with E-state index in [1.54, 1.807) is 12.3 Å². The summed E-state index contributed by atoms with van der Waals surface area (Å²) < 4.78 is 8.18. The normalized spacial score (nSPS) is 11.0. The van der Waals surface area contributed by atoms with Crippen molar-refractivity contribution >= 4 is 21.7 Å². The van der Waals surface area contributed by atoms with E-state index in [2.05, 4.69) is 28.0 Å². The summed E-state index contributed by atoms with van der Waals surface area (Å²) in [5, 5.41) is 4.52. The van der Waals surface area contributed by atoms with Gasteiger partial charge >= 0.3 is 0 Å². The van der Waals surface area contributed by atoms with Crippen molar-refractivity contribution in [3.63, 3.8) is 0 Å². The first-order chi connectivity index (χ1) is 9.62. The summed E-state index contributed by atoms with van der Waals surface area (Å²) in [5.41, 5.74) is 2.62. The highest BCUT2D eigenvalue weighted by Crippen LogP contribution is 2.24. The van der Waals surface area contributed by atoms with E-state index in [0.717, 1.165) is 41.0 Å². The fourth-order valence-corrected chi connectivity index (χ4v) is 3.00. The Hall–Kier alpha value is -1.36. The summed E-state index contributed by atoms with van der Waals surface area (Å²) in [6.45, 7) is 6.83. The number of hydrogen-bond acceptors (Lipinski definition) is 3. The maximum Gasteiger partial charge on any atom is 0.172 e. The van der Waals surface area contributed by atoms with Gasteiger partial charge in [-0.15, -0.1) is 0 Å². The van der Waals surface area contributed by atoms with Gasteiger partial charge in [0.15, 0.2) is 5.78 Å². The van der Waals surface area contributed by atoms with Gasteiger partial charge in [-0.1, -0.05) is 13.8 Å². The molecule has 0 saturated carbocycles. The van der Waals surface area contributed by atoms with Gasteiger partial charge in [-0.2, -0.15) is 5.10 Å².